The van der Waals surface area contributed by atoms with Crippen molar-refractivity contribution in [2.45, 2.75) is 19.4 Å². The Hall–Kier alpha value is -1.84. The Balaban J connectivity index is 1.52. The molecule has 2 fully saturated rings. The van der Waals surface area contributed by atoms with Gasteiger partial charge in [0.25, 0.3) is 0 Å². The summed E-state index contributed by atoms with van der Waals surface area (Å²) < 4.78 is 10.3. The van der Waals surface area contributed by atoms with E-state index in [4.69, 9.17) is 9.47 Å². The molecule has 0 N–H and O–H groups in total. The van der Waals surface area contributed by atoms with E-state index in [2.05, 4.69) is 0 Å². The molecule has 4 nitrogen and oxygen atoms in total. The summed E-state index contributed by atoms with van der Waals surface area (Å²) >= 11 is 0. The van der Waals surface area contributed by atoms with Crippen molar-refractivity contribution >= 4 is 11.8 Å². The van der Waals surface area contributed by atoms with Crippen LogP contribution in [0.25, 0.3) is 0 Å². The second kappa shape index (κ2) is 4.68. The van der Waals surface area contributed by atoms with Crippen molar-refractivity contribution < 1.29 is 19.1 Å². The van der Waals surface area contributed by atoms with E-state index in [9.17, 15) is 9.59 Å². The first-order chi connectivity index (χ1) is 9.20. The summed E-state index contributed by atoms with van der Waals surface area (Å²) in [7, 11) is 1.61. The smallest absolute Gasteiger partial charge is 0.310 e. The fourth-order valence-corrected chi connectivity index (χ4v) is 2.94. The van der Waals surface area contributed by atoms with Gasteiger partial charge in [0.15, 0.2) is 0 Å². The normalized spacial score (nSPS) is 27.8. The molecule has 0 aromatic heterocycles. The number of Topliss-reactive ketones (excluding diaryl/α,β-unsaturated/α-hetero) is 1. The Morgan fingerprint density at radius 3 is 2.63 bits per heavy atom. The lowest BCUT2D eigenvalue weighted by atomic mass is 10.1. The summed E-state index contributed by atoms with van der Waals surface area (Å²) in [6, 6.07) is 7.40. The van der Waals surface area contributed by atoms with Crippen LogP contribution in [0.2, 0.25) is 0 Å². The Morgan fingerprint density at radius 2 is 2.05 bits per heavy atom. The van der Waals surface area contributed by atoms with Crippen LogP contribution in [0.5, 0.6) is 5.75 Å². The van der Waals surface area contributed by atoms with Gasteiger partial charge < -0.3 is 9.47 Å². The summed E-state index contributed by atoms with van der Waals surface area (Å²) in [4.78, 5) is 23.3. The average molecular weight is 260 g/mol. The number of ketones is 1. The van der Waals surface area contributed by atoms with Crippen LogP contribution in [-0.4, -0.2) is 18.9 Å². The summed E-state index contributed by atoms with van der Waals surface area (Å²) in [5.74, 6) is 0.839. The molecule has 2 aliphatic rings. The van der Waals surface area contributed by atoms with E-state index in [1.165, 1.54) is 0 Å². The molecule has 2 aliphatic carbocycles. The van der Waals surface area contributed by atoms with E-state index in [-0.39, 0.29) is 36.1 Å². The number of hydrogen-bond donors (Lipinski definition) is 0. The molecular weight excluding hydrogens is 244 g/mol. The van der Waals surface area contributed by atoms with Crippen molar-refractivity contribution in [1.82, 2.24) is 0 Å². The molecule has 0 spiro atoms. The monoisotopic (exact) mass is 260 g/mol. The number of carbonyl (C=O) groups excluding carboxylic acids is 2. The highest BCUT2D eigenvalue weighted by Crippen LogP contribution is 2.55. The molecule has 1 aromatic rings. The largest absolute Gasteiger partial charge is 0.497 e. The highest BCUT2D eigenvalue weighted by molar-refractivity contribution is 5.94. The van der Waals surface area contributed by atoms with Crippen LogP contribution in [0.1, 0.15) is 18.4 Å². The van der Waals surface area contributed by atoms with E-state index in [1.54, 1.807) is 7.11 Å². The molecule has 0 bridgehead atoms. The maximum atomic E-state index is 11.9. The topological polar surface area (TPSA) is 52.6 Å². The van der Waals surface area contributed by atoms with Gasteiger partial charge in [-0.05, 0) is 30.0 Å². The molecule has 3 rings (SSSR count). The molecule has 100 valence electrons. The number of esters is 1. The highest BCUT2D eigenvalue weighted by Gasteiger charge is 2.62. The van der Waals surface area contributed by atoms with Crippen LogP contribution in [0.15, 0.2) is 24.3 Å². The number of carbonyl (C=O) groups is 2. The highest BCUT2D eigenvalue weighted by atomic mass is 16.5. The summed E-state index contributed by atoms with van der Waals surface area (Å²) in [6.07, 6.45) is 1.49. The molecule has 0 heterocycles. The van der Waals surface area contributed by atoms with Gasteiger partial charge in [-0.1, -0.05) is 12.1 Å². The second-order valence-electron chi connectivity index (χ2n) is 5.18. The molecule has 0 unspecified atom stereocenters. The van der Waals surface area contributed by atoms with Gasteiger partial charge in [0, 0.05) is 12.3 Å². The minimum absolute atomic E-state index is 0.0385. The third-order valence-electron chi connectivity index (χ3n) is 4.08. The van der Waals surface area contributed by atoms with Crippen LogP contribution < -0.4 is 4.74 Å². The molecular formula is C15H16O4. The second-order valence-corrected chi connectivity index (χ2v) is 5.18. The predicted octanol–water partition coefficient (Wildman–Crippen LogP) is 1.96. The van der Waals surface area contributed by atoms with Gasteiger partial charge in [-0.3, -0.25) is 9.59 Å². The quantitative estimate of drug-likeness (QED) is 0.777. The summed E-state index contributed by atoms with van der Waals surface area (Å²) in [5.41, 5.74) is 0.922. The lowest BCUT2D eigenvalue weighted by Gasteiger charge is -2.06. The van der Waals surface area contributed by atoms with Crippen LogP contribution in [-0.2, 0) is 20.9 Å². The third-order valence-corrected chi connectivity index (χ3v) is 4.08. The Kier molecular flexibility index (Phi) is 3.01. The Morgan fingerprint density at radius 1 is 1.32 bits per heavy atom. The zero-order chi connectivity index (χ0) is 13.4. The van der Waals surface area contributed by atoms with Crippen molar-refractivity contribution in [1.29, 1.82) is 0 Å². The van der Waals surface area contributed by atoms with Crippen molar-refractivity contribution in [2.24, 2.45) is 17.8 Å². The van der Waals surface area contributed by atoms with E-state index in [1.807, 2.05) is 24.3 Å². The van der Waals surface area contributed by atoms with E-state index < -0.39 is 0 Å². The van der Waals surface area contributed by atoms with Gasteiger partial charge in [0.05, 0.1) is 13.0 Å². The number of hydrogen-bond acceptors (Lipinski definition) is 4. The van der Waals surface area contributed by atoms with Gasteiger partial charge in [-0.15, -0.1) is 0 Å². The number of ether oxygens (including phenoxy) is 2. The van der Waals surface area contributed by atoms with Gasteiger partial charge in [0.2, 0.25) is 0 Å². The first kappa shape index (κ1) is 12.2. The fourth-order valence-electron chi connectivity index (χ4n) is 2.94. The molecule has 0 aliphatic heterocycles. The standard InChI is InChI=1S/C15H16O4/c1-18-10-4-2-9(3-5-10)8-19-15(17)14-11-6-7-12(16)13(11)14/h2-5,11,13-14H,6-8H2,1H3/t11-,13-,14+/m0/s1. The first-order valence-corrected chi connectivity index (χ1v) is 6.53. The molecule has 1 aromatic carbocycles. The van der Waals surface area contributed by atoms with Crippen molar-refractivity contribution in [2.75, 3.05) is 7.11 Å². The summed E-state index contributed by atoms with van der Waals surface area (Å²) in [5, 5.41) is 0. The van der Waals surface area contributed by atoms with Crippen LogP contribution >= 0.6 is 0 Å². The zero-order valence-corrected chi connectivity index (χ0v) is 10.8. The molecule has 0 radical (unpaired) electrons. The van der Waals surface area contributed by atoms with Crippen LogP contribution in [0.3, 0.4) is 0 Å². The van der Waals surface area contributed by atoms with Crippen LogP contribution in [0.4, 0.5) is 0 Å². The van der Waals surface area contributed by atoms with Gasteiger partial charge in [0.1, 0.15) is 18.1 Å². The van der Waals surface area contributed by atoms with Gasteiger partial charge >= 0.3 is 5.97 Å². The molecule has 3 atom stereocenters. The first-order valence-electron chi connectivity index (χ1n) is 6.53. The molecule has 4 heteroatoms. The number of benzene rings is 1. The molecule has 0 saturated heterocycles. The fraction of sp³-hybridized carbons (Fsp3) is 0.467. The lowest BCUT2D eigenvalue weighted by molar-refractivity contribution is -0.148. The van der Waals surface area contributed by atoms with Crippen molar-refractivity contribution in [3.8, 4) is 5.75 Å². The minimum atomic E-state index is -0.223. The van der Waals surface area contributed by atoms with E-state index in [0.717, 1.165) is 17.7 Å². The van der Waals surface area contributed by atoms with E-state index in [0.29, 0.717) is 6.42 Å². The minimum Gasteiger partial charge on any atom is -0.497 e. The maximum absolute atomic E-state index is 11.9. The third kappa shape index (κ3) is 2.23. The summed E-state index contributed by atoms with van der Waals surface area (Å²) in [6.45, 7) is 0.257. The predicted molar refractivity (Wildman–Crippen MR) is 67.5 cm³/mol. The number of fused-ring (bicyclic) bond motifs is 1. The van der Waals surface area contributed by atoms with Gasteiger partial charge in [-0.25, -0.2) is 0 Å². The lowest BCUT2D eigenvalue weighted by Crippen LogP contribution is -2.13. The van der Waals surface area contributed by atoms with Crippen molar-refractivity contribution in [3.63, 3.8) is 0 Å². The average Bonchev–Trinajstić information content (AvgIpc) is 3.06. The van der Waals surface area contributed by atoms with E-state index >= 15 is 0 Å². The van der Waals surface area contributed by atoms with Crippen molar-refractivity contribution in [3.05, 3.63) is 29.8 Å². The number of rotatable bonds is 4. The zero-order valence-electron chi connectivity index (χ0n) is 10.8. The molecule has 2 saturated carbocycles. The molecule has 19 heavy (non-hydrogen) atoms. The van der Waals surface area contributed by atoms with Gasteiger partial charge in [-0.2, -0.15) is 0 Å². The number of methoxy groups -OCH3 is 1. The Labute approximate surface area is 111 Å². The van der Waals surface area contributed by atoms with Crippen LogP contribution in [0, 0.1) is 17.8 Å². The molecule has 0 amide bonds. The SMILES string of the molecule is COc1ccc(COC(=O)[C@@H]2[C@H]3CCC(=O)[C@H]32)cc1. The maximum Gasteiger partial charge on any atom is 0.310 e. The Bertz CT molecular complexity index is 505.